The Balaban J connectivity index is 2.13. The molecule has 1 saturated carbocycles. The normalized spacial score (nSPS) is 39.0. The molecule has 0 aromatic heterocycles. The third-order valence-electron chi connectivity index (χ3n) is 3.14. The zero-order valence-electron chi connectivity index (χ0n) is 7.72. The van der Waals surface area contributed by atoms with Gasteiger partial charge in [0.15, 0.2) is 0 Å². The van der Waals surface area contributed by atoms with Gasteiger partial charge in [0.05, 0.1) is 0 Å². The Morgan fingerprint density at radius 3 is 2.38 bits per heavy atom. The van der Waals surface area contributed by atoms with E-state index >= 15 is 0 Å². The van der Waals surface area contributed by atoms with Crippen molar-refractivity contribution >= 4 is 11.9 Å². The minimum Gasteiger partial charge on any atom is -0.323 e. The Bertz CT molecular complexity index is 254. The molecule has 1 aliphatic carbocycles. The molecule has 0 bridgehead atoms. The van der Waals surface area contributed by atoms with E-state index < -0.39 is 5.54 Å². The van der Waals surface area contributed by atoms with Crippen LogP contribution in [0.1, 0.15) is 32.6 Å². The highest BCUT2D eigenvalue weighted by Crippen LogP contribution is 2.33. The summed E-state index contributed by atoms with van der Waals surface area (Å²) in [6.07, 6.45) is 3.61. The van der Waals surface area contributed by atoms with Gasteiger partial charge in [-0.25, -0.2) is 4.79 Å². The molecule has 13 heavy (non-hydrogen) atoms. The van der Waals surface area contributed by atoms with Gasteiger partial charge in [0.25, 0.3) is 5.91 Å². The maximum Gasteiger partial charge on any atom is 0.322 e. The predicted octanol–water partition coefficient (Wildman–Crippen LogP) is 0.775. The third-order valence-corrected chi connectivity index (χ3v) is 3.14. The highest BCUT2D eigenvalue weighted by Gasteiger charge is 2.47. The van der Waals surface area contributed by atoms with Gasteiger partial charge in [-0.15, -0.1) is 0 Å². The minimum absolute atomic E-state index is 0.135. The van der Waals surface area contributed by atoms with Crippen LogP contribution in [0.2, 0.25) is 0 Å². The van der Waals surface area contributed by atoms with Crippen LogP contribution in [0.3, 0.4) is 0 Å². The van der Waals surface area contributed by atoms with Gasteiger partial charge in [-0.05, 0) is 31.6 Å². The van der Waals surface area contributed by atoms with E-state index in [1.807, 2.05) is 0 Å². The molecule has 0 aromatic carbocycles. The summed E-state index contributed by atoms with van der Waals surface area (Å²) in [5, 5.41) is 5.04. The summed E-state index contributed by atoms with van der Waals surface area (Å²) in [5.74, 6) is 0.542. The lowest BCUT2D eigenvalue weighted by molar-refractivity contribution is -0.125. The maximum absolute atomic E-state index is 11.5. The molecule has 2 fully saturated rings. The first kappa shape index (κ1) is 8.53. The SMILES string of the molecule is C[C@H]1CC[C@]2(CC1)NC(=O)NC2=O. The Morgan fingerprint density at radius 2 is 1.92 bits per heavy atom. The summed E-state index contributed by atoms with van der Waals surface area (Å²) in [6, 6.07) is -0.334. The fraction of sp³-hybridized carbons (Fsp3) is 0.778. The second-order valence-corrected chi connectivity index (χ2v) is 4.17. The average molecular weight is 182 g/mol. The van der Waals surface area contributed by atoms with Gasteiger partial charge in [-0.1, -0.05) is 6.92 Å². The summed E-state index contributed by atoms with van der Waals surface area (Å²) >= 11 is 0. The molecule has 2 aliphatic rings. The number of hydrogen-bond acceptors (Lipinski definition) is 2. The highest BCUT2D eigenvalue weighted by atomic mass is 16.2. The van der Waals surface area contributed by atoms with E-state index in [2.05, 4.69) is 17.6 Å². The van der Waals surface area contributed by atoms with Crippen molar-refractivity contribution in [3.63, 3.8) is 0 Å². The van der Waals surface area contributed by atoms with Crippen LogP contribution in [0.25, 0.3) is 0 Å². The van der Waals surface area contributed by atoms with Gasteiger partial charge in [0.2, 0.25) is 0 Å². The molecule has 0 atom stereocenters. The van der Waals surface area contributed by atoms with Crippen molar-refractivity contribution in [3.05, 3.63) is 0 Å². The van der Waals surface area contributed by atoms with E-state index in [0.717, 1.165) is 25.7 Å². The van der Waals surface area contributed by atoms with Crippen LogP contribution in [0.5, 0.6) is 0 Å². The van der Waals surface area contributed by atoms with Crippen LogP contribution in [-0.4, -0.2) is 17.5 Å². The molecule has 2 N–H and O–H groups in total. The van der Waals surface area contributed by atoms with Crippen molar-refractivity contribution in [2.45, 2.75) is 38.1 Å². The number of hydrogen-bond donors (Lipinski definition) is 2. The number of rotatable bonds is 0. The zero-order chi connectivity index (χ0) is 9.47. The standard InChI is InChI=1S/C9H14N2O2/c1-6-2-4-9(5-3-6)7(12)10-8(13)11-9/h6H,2-5H2,1H3,(H2,10,11,12,13)/t6-,9+. The average Bonchev–Trinajstić information content (AvgIpc) is 2.34. The number of urea groups is 1. The van der Waals surface area contributed by atoms with Crippen LogP contribution in [0.15, 0.2) is 0 Å². The van der Waals surface area contributed by atoms with Gasteiger partial charge in [-0.3, -0.25) is 10.1 Å². The van der Waals surface area contributed by atoms with E-state index in [9.17, 15) is 9.59 Å². The first-order valence-electron chi connectivity index (χ1n) is 4.76. The van der Waals surface area contributed by atoms with Gasteiger partial charge < -0.3 is 5.32 Å². The number of amides is 3. The van der Waals surface area contributed by atoms with E-state index in [1.165, 1.54) is 0 Å². The second-order valence-electron chi connectivity index (χ2n) is 4.17. The Labute approximate surface area is 77.1 Å². The quantitative estimate of drug-likeness (QED) is 0.544. The summed E-state index contributed by atoms with van der Waals surface area (Å²) < 4.78 is 0. The fourth-order valence-electron chi connectivity index (χ4n) is 2.14. The number of carbonyl (C=O) groups is 2. The summed E-state index contributed by atoms with van der Waals surface area (Å²) in [5.41, 5.74) is -0.566. The van der Waals surface area contributed by atoms with Crippen LogP contribution in [-0.2, 0) is 4.79 Å². The molecule has 1 heterocycles. The first-order chi connectivity index (χ1) is 6.12. The molecule has 3 amide bonds. The Kier molecular flexibility index (Phi) is 1.78. The molecule has 0 aromatic rings. The number of carbonyl (C=O) groups excluding carboxylic acids is 2. The van der Waals surface area contributed by atoms with Crippen molar-refractivity contribution in [1.82, 2.24) is 10.6 Å². The molecule has 1 spiro atoms. The van der Waals surface area contributed by atoms with Gasteiger partial charge in [0, 0.05) is 0 Å². The zero-order valence-corrected chi connectivity index (χ0v) is 7.72. The lowest BCUT2D eigenvalue weighted by atomic mass is 9.77. The van der Waals surface area contributed by atoms with Crippen molar-refractivity contribution in [2.24, 2.45) is 5.92 Å². The Morgan fingerprint density at radius 1 is 1.31 bits per heavy atom. The van der Waals surface area contributed by atoms with E-state index in [0.29, 0.717) is 5.92 Å². The van der Waals surface area contributed by atoms with Crippen molar-refractivity contribution in [3.8, 4) is 0 Å². The van der Waals surface area contributed by atoms with Crippen LogP contribution >= 0.6 is 0 Å². The fourth-order valence-corrected chi connectivity index (χ4v) is 2.14. The maximum atomic E-state index is 11.5. The molecule has 0 radical (unpaired) electrons. The van der Waals surface area contributed by atoms with Crippen molar-refractivity contribution in [1.29, 1.82) is 0 Å². The van der Waals surface area contributed by atoms with Crippen molar-refractivity contribution in [2.75, 3.05) is 0 Å². The predicted molar refractivity (Wildman–Crippen MR) is 47.0 cm³/mol. The minimum atomic E-state index is -0.566. The van der Waals surface area contributed by atoms with E-state index in [1.54, 1.807) is 0 Å². The topological polar surface area (TPSA) is 58.2 Å². The molecular weight excluding hydrogens is 168 g/mol. The summed E-state index contributed by atoms with van der Waals surface area (Å²) in [7, 11) is 0. The molecule has 1 saturated heterocycles. The highest BCUT2D eigenvalue weighted by molar-refractivity contribution is 6.07. The molecule has 0 unspecified atom stereocenters. The molecule has 4 nitrogen and oxygen atoms in total. The number of imide groups is 1. The lowest BCUT2D eigenvalue weighted by Gasteiger charge is -2.32. The van der Waals surface area contributed by atoms with Crippen LogP contribution in [0, 0.1) is 5.92 Å². The smallest absolute Gasteiger partial charge is 0.322 e. The summed E-state index contributed by atoms with van der Waals surface area (Å²) in [4.78, 5) is 22.4. The van der Waals surface area contributed by atoms with Crippen LogP contribution in [0.4, 0.5) is 4.79 Å². The molecule has 72 valence electrons. The second kappa shape index (κ2) is 2.72. The molecular formula is C9H14N2O2. The molecule has 2 rings (SSSR count). The van der Waals surface area contributed by atoms with Crippen molar-refractivity contribution < 1.29 is 9.59 Å². The molecule has 1 aliphatic heterocycles. The van der Waals surface area contributed by atoms with Gasteiger partial charge in [-0.2, -0.15) is 0 Å². The van der Waals surface area contributed by atoms with E-state index in [4.69, 9.17) is 0 Å². The number of nitrogens with one attached hydrogen (secondary N) is 2. The van der Waals surface area contributed by atoms with Gasteiger partial charge in [0.1, 0.15) is 5.54 Å². The Hall–Kier alpha value is -1.06. The first-order valence-corrected chi connectivity index (χ1v) is 4.76. The largest absolute Gasteiger partial charge is 0.323 e. The summed E-state index contributed by atoms with van der Waals surface area (Å²) in [6.45, 7) is 2.18. The van der Waals surface area contributed by atoms with Crippen LogP contribution < -0.4 is 10.6 Å². The monoisotopic (exact) mass is 182 g/mol. The van der Waals surface area contributed by atoms with Gasteiger partial charge >= 0.3 is 6.03 Å². The molecule has 4 heteroatoms. The third kappa shape index (κ3) is 1.30. The van der Waals surface area contributed by atoms with E-state index in [-0.39, 0.29) is 11.9 Å². The lowest BCUT2D eigenvalue weighted by Crippen LogP contribution is -2.49.